The Morgan fingerprint density at radius 2 is 2.32 bits per heavy atom. The molecule has 19 heavy (non-hydrogen) atoms. The third kappa shape index (κ3) is 4.21. The summed E-state index contributed by atoms with van der Waals surface area (Å²) in [4.78, 5) is 4.26. The first-order valence-corrected chi connectivity index (χ1v) is 8.34. The molecule has 1 fully saturated rings. The predicted octanol–water partition coefficient (Wildman–Crippen LogP) is 3.09. The maximum Gasteiger partial charge on any atom is 0.183 e. The maximum atomic E-state index is 4.26. The smallest absolute Gasteiger partial charge is 0.183 e. The number of rotatable bonds is 6. The third-order valence-electron chi connectivity index (χ3n) is 4.09. The first-order valence-electron chi connectivity index (χ1n) is 7.46. The van der Waals surface area contributed by atoms with Crippen LogP contribution in [0.5, 0.6) is 0 Å². The van der Waals surface area contributed by atoms with Crippen molar-refractivity contribution < 1.29 is 0 Å². The fourth-order valence-corrected chi connectivity index (χ4v) is 4.09. The second-order valence-corrected chi connectivity index (χ2v) is 7.05. The van der Waals surface area contributed by atoms with Crippen molar-refractivity contribution in [2.75, 3.05) is 6.54 Å². The Kier molecular flexibility index (Phi) is 5.70. The Hall–Kier alpha value is -0.550. The van der Waals surface area contributed by atoms with Gasteiger partial charge < -0.3 is 5.32 Å². The lowest BCUT2D eigenvalue weighted by Crippen LogP contribution is -2.43. The van der Waals surface area contributed by atoms with E-state index < -0.39 is 0 Å². The largest absolute Gasteiger partial charge is 0.313 e. The van der Waals surface area contributed by atoms with Crippen LogP contribution in [0, 0.1) is 11.8 Å². The number of hydrogen-bond acceptors (Lipinski definition) is 4. The van der Waals surface area contributed by atoms with E-state index in [1.165, 1.54) is 25.7 Å². The van der Waals surface area contributed by atoms with E-state index in [0.29, 0.717) is 11.3 Å². The molecule has 1 saturated carbocycles. The summed E-state index contributed by atoms with van der Waals surface area (Å²) in [7, 11) is 0. The maximum absolute atomic E-state index is 4.26. The van der Waals surface area contributed by atoms with Crippen molar-refractivity contribution in [2.24, 2.45) is 11.8 Å². The molecule has 0 spiro atoms. The molecule has 1 aromatic rings. The molecule has 0 aliphatic heterocycles. The second-order valence-electron chi connectivity index (χ2n) is 5.82. The van der Waals surface area contributed by atoms with Crippen LogP contribution in [0.4, 0.5) is 0 Å². The van der Waals surface area contributed by atoms with Crippen LogP contribution in [-0.4, -0.2) is 33.0 Å². The minimum absolute atomic E-state index is 0.612. The third-order valence-corrected chi connectivity index (χ3v) is 5.33. The topological polar surface area (TPSA) is 53.6 Å². The fraction of sp³-hybridized carbons (Fsp3) is 0.857. The molecule has 4 nitrogen and oxygen atoms in total. The first kappa shape index (κ1) is 14.9. The van der Waals surface area contributed by atoms with Crippen LogP contribution in [-0.2, 0) is 0 Å². The van der Waals surface area contributed by atoms with E-state index in [4.69, 9.17) is 0 Å². The zero-order valence-corrected chi connectivity index (χ0v) is 13.0. The molecule has 0 saturated heterocycles. The number of nitrogens with zero attached hydrogens (tertiary/aromatic N) is 2. The van der Waals surface area contributed by atoms with Gasteiger partial charge in [-0.25, -0.2) is 4.98 Å². The second kappa shape index (κ2) is 7.29. The van der Waals surface area contributed by atoms with Gasteiger partial charge in [-0.2, -0.15) is 5.10 Å². The molecular weight excluding hydrogens is 256 g/mol. The van der Waals surface area contributed by atoms with Crippen molar-refractivity contribution in [1.29, 1.82) is 0 Å². The zero-order valence-electron chi connectivity index (χ0n) is 12.2. The van der Waals surface area contributed by atoms with E-state index in [1.54, 1.807) is 6.33 Å². The molecule has 0 radical (unpaired) electrons. The van der Waals surface area contributed by atoms with E-state index in [2.05, 4.69) is 41.3 Å². The Bertz CT molecular complexity index is 352. The highest BCUT2D eigenvalue weighted by Crippen LogP contribution is 2.38. The van der Waals surface area contributed by atoms with Crippen molar-refractivity contribution in [3.8, 4) is 0 Å². The van der Waals surface area contributed by atoms with Crippen molar-refractivity contribution in [2.45, 2.75) is 62.9 Å². The normalized spacial score (nSPS) is 27.9. The molecule has 3 unspecified atom stereocenters. The van der Waals surface area contributed by atoms with Crippen LogP contribution in [0.15, 0.2) is 11.5 Å². The van der Waals surface area contributed by atoms with Gasteiger partial charge in [0, 0.05) is 11.3 Å². The summed E-state index contributed by atoms with van der Waals surface area (Å²) >= 11 is 1.86. The van der Waals surface area contributed by atoms with Gasteiger partial charge in [0.1, 0.15) is 6.33 Å². The summed E-state index contributed by atoms with van der Waals surface area (Å²) in [5.41, 5.74) is 0. The van der Waals surface area contributed by atoms with Crippen LogP contribution < -0.4 is 5.32 Å². The number of nitrogens with one attached hydrogen (secondary N) is 2. The van der Waals surface area contributed by atoms with Gasteiger partial charge in [-0.15, -0.1) is 0 Å². The Labute approximate surface area is 120 Å². The Morgan fingerprint density at radius 1 is 1.47 bits per heavy atom. The SMILES string of the molecule is CCCNC1CCC(C(C)C)CC1Sc1ncn[nH]1. The average molecular weight is 282 g/mol. The van der Waals surface area contributed by atoms with Crippen LogP contribution in [0.2, 0.25) is 0 Å². The average Bonchev–Trinajstić information content (AvgIpc) is 2.90. The zero-order chi connectivity index (χ0) is 13.7. The number of H-pyrrole nitrogens is 1. The van der Waals surface area contributed by atoms with Crippen LogP contribution >= 0.6 is 11.8 Å². The number of thioether (sulfide) groups is 1. The van der Waals surface area contributed by atoms with Crippen molar-refractivity contribution >= 4 is 11.8 Å². The molecule has 2 rings (SSSR count). The summed E-state index contributed by atoms with van der Waals surface area (Å²) in [6.07, 6.45) is 6.72. The monoisotopic (exact) mass is 282 g/mol. The molecule has 108 valence electrons. The fourth-order valence-electron chi connectivity index (χ4n) is 2.85. The van der Waals surface area contributed by atoms with Gasteiger partial charge in [-0.3, -0.25) is 5.10 Å². The highest BCUT2D eigenvalue weighted by Gasteiger charge is 2.32. The van der Waals surface area contributed by atoms with Gasteiger partial charge in [0.2, 0.25) is 0 Å². The highest BCUT2D eigenvalue weighted by molar-refractivity contribution is 7.99. The van der Waals surface area contributed by atoms with Crippen molar-refractivity contribution in [3.63, 3.8) is 0 Å². The molecular formula is C14H26N4S. The summed E-state index contributed by atoms with van der Waals surface area (Å²) < 4.78 is 0. The Balaban J connectivity index is 1.97. The molecule has 0 aromatic carbocycles. The molecule has 1 aliphatic carbocycles. The molecule has 0 bridgehead atoms. The number of aromatic amines is 1. The molecule has 5 heteroatoms. The van der Waals surface area contributed by atoms with Crippen LogP contribution in [0.3, 0.4) is 0 Å². The first-order chi connectivity index (χ1) is 9.20. The standard InChI is InChI=1S/C14H26N4S/c1-4-7-15-12-6-5-11(10(2)3)8-13(12)19-14-16-9-17-18-14/h9-13,15H,4-8H2,1-3H3,(H,16,17,18). The lowest BCUT2D eigenvalue weighted by atomic mass is 9.79. The van der Waals surface area contributed by atoms with Crippen molar-refractivity contribution in [3.05, 3.63) is 6.33 Å². The van der Waals surface area contributed by atoms with Gasteiger partial charge in [0.15, 0.2) is 5.16 Å². The Morgan fingerprint density at radius 3 is 2.95 bits per heavy atom. The lowest BCUT2D eigenvalue weighted by Gasteiger charge is -2.37. The van der Waals surface area contributed by atoms with E-state index >= 15 is 0 Å². The minimum atomic E-state index is 0.612. The summed E-state index contributed by atoms with van der Waals surface area (Å²) in [5, 5.41) is 12.2. The molecule has 1 heterocycles. The summed E-state index contributed by atoms with van der Waals surface area (Å²) in [6, 6.07) is 0.616. The van der Waals surface area contributed by atoms with Gasteiger partial charge >= 0.3 is 0 Å². The number of hydrogen-bond donors (Lipinski definition) is 2. The minimum Gasteiger partial charge on any atom is -0.313 e. The van der Waals surface area contributed by atoms with Crippen LogP contribution in [0.25, 0.3) is 0 Å². The quantitative estimate of drug-likeness (QED) is 0.842. The van der Waals surface area contributed by atoms with Gasteiger partial charge in [0.05, 0.1) is 0 Å². The summed E-state index contributed by atoms with van der Waals surface area (Å²) in [6.45, 7) is 8.04. The predicted molar refractivity (Wildman–Crippen MR) is 80.3 cm³/mol. The van der Waals surface area contributed by atoms with Gasteiger partial charge in [-0.1, -0.05) is 32.5 Å². The molecule has 0 amide bonds. The highest BCUT2D eigenvalue weighted by atomic mass is 32.2. The van der Waals surface area contributed by atoms with E-state index in [9.17, 15) is 0 Å². The molecule has 1 aromatic heterocycles. The number of aromatic nitrogens is 3. The van der Waals surface area contributed by atoms with E-state index in [1.807, 2.05) is 11.8 Å². The van der Waals surface area contributed by atoms with Gasteiger partial charge in [0.25, 0.3) is 0 Å². The van der Waals surface area contributed by atoms with E-state index in [-0.39, 0.29) is 0 Å². The van der Waals surface area contributed by atoms with Crippen LogP contribution in [0.1, 0.15) is 46.5 Å². The van der Waals surface area contributed by atoms with Crippen molar-refractivity contribution in [1.82, 2.24) is 20.5 Å². The lowest BCUT2D eigenvalue weighted by molar-refractivity contribution is 0.246. The molecule has 3 atom stereocenters. The van der Waals surface area contributed by atoms with E-state index in [0.717, 1.165) is 23.5 Å². The molecule has 2 N–H and O–H groups in total. The molecule has 1 aliphatic rings. The van der Waals surface area contributed by atoms with Gasteiger partial charge in [-0.05, 0) is 44.1 Å². The summed E-state index contributed by atoms with van der Waals surface area (Å²) in [5.74, 6) is 1.63.